The first-order valence-corrected chi connectivity index (χ1v) is 7.64. The molecule has 0 aromatic heterocycles. The summed E-state index contributed by atoms with van der Waals surface area (Å²) in [5, 5.41) is 6.27. The molecule has 2 aliphatic rings. The standard InChI is InChI=1S/C16H22N2O3/c19-16(10-14-11-20-8-6-17-14)18-5-3-12-1-2-15-13(9-12)4-7-21-15/h1-2,9,14,17H,3-8,10-11H2,(H,18,19). The van der Waals surface area contributed by atoms with Gasteiger partial charge in [-0.3, -0.25) is 4.79 Å². The van der Waals surface area contributed by atoms with Crippen LogP contribution in [0.2, 0.25) is 0 Å². The number of morpholine rings is 1. The summed E-state index contributed by atoms with van der Waals surface area (Å²) >= 11 is 0. The van der Waals surface area contributed by atoms with Gasteiger partial charge in [-0.25, -0.2) is 0 Å². The van der Waals surface area contributed by atoms with Crippen molar-refractivity contribution >= 4 is 5.91 Å². The maximum absolute atomic E-state index is 11.9. The van der Waals surface area contributed by atoms with E-state index in [1.807, 2.05) is 6.07 Å². The number of fused-ring (bicyclic) bond motifs is 1. The van der Waals surface area contributed by atoms with Crippen LogP contribution in [0.5, 0.6) is 5.75 Å². The van der Waals surface area contributed by atoms with Crippen molar-refractivity contribution < 1.29 is 14.3 Å². The van der Waals surface area contributed by atoms with Crippen molar-refractivity contribution in [3.63, 3.8) is 0 Å². The van der Waals surface area contributed by atoms with E-state index in [0.717, 1.165) is 38.3 Å². The summed E-state index contributed by atoms with van der Waals surface area (Å²) in [6.07, 6.45) is 2.33. The second-order valence-electron chi connectivity index (χ2n) is 5.57. The fourth-order valence-corrected chi connectivity index (χ4v) is 2.79. The smallest absolute Gasteiger partial charge is 0.221 e. The third kappa shape index (κ3) is 3.95. The van der Waals surface area contributed by atoms with Gasteiger partial charge in [-0.15, -0.1) is 0 Å². The van der Waals surface area contributed by atoms with E-state index in [4.69, 9.17) is 9.47 Å². The van der Waals surface area contributed by atoms with E-state index in [1.54, 1.807) is 0 Å². The molecular formula is C16H22N2O3. The highest BCUT2D eigenvalue weighted by Gasteiger charge is 2.16. The Balaban J connectivity index is 1.40. The Kier molecular flexibility index (Phi) is 4.72. The van der Waals surface area contributed by atoms with Gasteiger partial charge in [0.25, 0.3) is 0 Å². The molecule has 0 aliphatic carbocycles. The van der Waals surface area contributed by atoms with E-state index in [-0.39, 0.29) is 11.9 Å². The van der Waals surface area contributed by atoms with Crippen molar-refractivity contribution in [3.8, 4) is 5.75 Å². The van der Waals surface area contributed by atoms with Crippen molar-refractivity contribution in [2.24, 2.45) is 0 Å². The maximum atomic E-state index is 11.9. The molecule has 21 heavy (non-hydrogen) atoms. The Labute approximate surface area is 125 Å². The number of carbonyl (C=O) groups excluding carboxylic acids is 1. The summed E-state index contributed by atoms with van der Waals surface area (Å²) < 4.78 is 10.8. The van der Waals surface area contributed by atoms with Crippen LogP contribution in [0.15, 0.2) is 18.2 Å². The Morgan fingerprint density at radius 2 is 2.33 bits per heavy atom. The van der Waals surface area contributed by atoms with Crippen LogP contribution in [-0.2, 0) is 22.4 Å². The number of benzene rings is 1. The zero-order valence-corrected chi connectivity index (χ0v) is 12.2. The lowest BCUT2D eigenvalue weighted by atomic mass is 10.1. The van der Waals surface area contributed by atoms with Gasteiger partial charge in [-0.05, 0) is 23.6 Å². The molecule has 1 atom stereocenters. The largest absolute Gasteiger partial charge is 0.493 e. The van der Waals surface area contributed by atoms with Crippen LogP contribution in [0.3, 0.4) is 0 Å². The quantitative estimate of drug-likeness (QED) is 0.836. The summed E-state index contributed by atoms with van der Waals surface area (Å²) in [5.74, 6) is 1.09. The van der Waals surface area contributed by atoms with Gasteiger partial charge >= 0.3 is 0 Å². The Hall–Kier alpha value is -1.59. The molecule has 1 unspecified atom stereocenters. The van der Waals surface area contributed by atoms with Gasteiger partial charge in [0.15, 0.2) is 0 Å². The molecule has 5 heteroatoms. The van der Waals surface area contributed by atoms with Gasteiger partial charge in [0.1, 0.15) is 5.75 Å². The molecule has 2 N–H and O–H groups in total. The molecule has 2 heterocycles. The lowest BCUT2D eigenvalue weighted by Gasteiger charge is -2.23. The van der Waals surface area contributed by atoms with Crippen LogP contribution in [0.25, 0.3) is 0 Å². The lowest BCUT2D eigenvalue weighted by Crippen LogP contribution is -2.44. The lowest BCUT2D eigenvalue weighted by molar-refractivity contribution is -0.122. The van der Waals surface area contributed by atoms with Crippen molar-refractivity contribution in [1.29, 1.82) is 0 Å². The van der Waals surface area contributed by atoms with E-state index < -0.39 is 0 Å². The van der Waals surface area contributed by atoms with Crippen LogP contribution in [-0.4, -0.2) is 44.9 Å². The predicted octanol–water partition coefficient (Wildman–Crippen LogP) is 0.659. The molecule has 1 amide bonds. The molecular weight excluding hydrogens is 268 g/mol. The zero-order chi connectivity index (χ0) is 14.5. The summed E-state index contributed by atoms with van der Waals surface area (Å²) in [6, 6.07) is 6.44. The third-order valence-electron chi connectivity index (χ3n) is 3.92. The van der Waals surface area contributed by atoms with Gasteiger partial charge in [0.05, 0.1) is 19.8 Å². The monoisotopic (exact) mass is 290 g/mol. The van der Waals surface area contributed by atoms with E-state index >= 15 is 0 Å². The molecule has 0 radical (unpaired) electrons. The van der Waals surface area contributed by atoms with Gasteiger partial charge < -0.3 is 20.1 Å². The number of ether oxygens (including phenoxy) is 2. The van der Waals surface area contributed by atoms with Crippen molar-refractivity contribution in [3.05, 3.63) is 29.3 Å². The molecule has 5 nitrogen and oxygen atoms in total. The minimum absolute atomic E-state index is 0.0856. The van der Waals surface area contributed by atoms with Crippen LogP contribution >= 0.6 is 0 Å². The second-order valence-corrected chi connectivity index (χ2v) is 5.57. The van der Waals surface area contributed by atoms with Gasteiger partial charge in [-0.2, -0.15) is 0 Å². The minimum Gasteiger partial charge on any atom is -0.493 e. The fraction of sp³-hybridized carbons (Fsp3) is 0.562. The first kappa shape index (κ1) is 14.4. The van der Waals surface area contributed by atoms with Crippen molar-refractivity contribution in [2.75, 3.05) is 32.9 Å². The van der Waals surface area contributed by atoms with Gasteiger partial charge in [-0.1, -0.05) is 12.1 Å². The van der Waals surface area contributed by atoms with E-state index in [2.05, 4.69) is 22.8 Å². The van der Waals surface area contributed by atoms with Crippen LogP contribution in [0.1, 0.15) is 17.5 Å². The van der Waals surface area contributed by atoms with Crippen LogP contribution < -0.4 is 15.4 Å². The zero-order valence-electron chi connectivity index (χ0n) is 12.2. The number of carbonyl (C=O) groups is 1. The number of rotatable bonds is 5. The normalized spacial score (nSPS) is 20.7. The number of hydrogen-bond donors (Lipinski definition) is 2. The summed E-state index contributed by atoms with van der Waals surface area (Å²) in [5.41, 5.74) is 2.53. The first-order chi connectivity index (χ1) is 10.3. The van der Waals surface area contributed by atoms with E-state index in [0.29, 0.717) is 19.6 Å². The molecule has 1 aromatic rings. The second kappa shape index (κ2) is 6.91. The topological polar surface area (TPSA) is 59.6 Å². The number of hydrogen-bond acceptors (Lipinski definition) is 4. The van der Waals surface area contributed by atoms with Crippen molar-refractivity contribution in [1.82, 2.24) is 10.6 Å². The maximum Gasteiger partial charge on any atom is 0.221 e. The molecule has 1 saturated heterocycles. The van der Waals surface area contributed by atoms with Crippen LogP contribution in [0, 0.1) is 0 Å². The molecule has 1 fully saturated rings. The molecule has 0 saturated carbocycles. The third-order valence-corrected chi connectivity index (χ3v) is 3.92. The first-order valence-electron chi connectivity index (χ1n) is 7.64. The van der Waals surface area contributed by atoms with Crippen LogP contribution in [0.4, 0.5) is 0 Å². The average molecular weight is 290 g/mol. The summed E-state index contributed by atoms with van der Waals surface area (Å²) in [6.45, 7) is 3.64. The highest BCUT2D eigenvalue weighted by atomic mass is 16.5. The molecule has 0 spiro atoms. The van der Waals surface area contributed by atoms with E-state index in [9.17, 15) is 4.79 Å². The molecule has 1 aromatic carbocycles. The predicted molar refractivity (Wildman–Crippen MR) is 79.6 cm³/mol. The molecule has 0 bridgehead atoms. The van der Waals surface area contributed by atoms with E-state index in [1.165, 1.54) is 11.1 Å². The van der Waals surface area contributed by atoms with Gasteiger partial charge in [0, 0.05) is 32.0 Å². The SMILES string of the molecule is O=C(CC1COCCN1)NCCc1ccc2c(c1)CCO2. The summed E-state index contributed by atoms with van der Waals surface area (Å²) in [4.78, 5) is 11.9. The number of amides is 1. The average Bonchev–Trinajstić information content (AvgIpc) is 2.96. The van der Waals surface area contributed by atoms with Gasteiger partial charge in [0.2, 0.25) is 5.91 Å². The Morgan fingerprint density at radius 1 is 1.38 bits per heavy atom. The Morgan fingerprint density at radius 3 is 3.19 bits per heavy atom. The molecule has 3 rings (SSSR count). The van der Waals surface area contributed by atoms with Crippen molar-refractivity contribution in [2.45, 2.75) is 25.3 Å². The highest BCUT2D eigenvalue weighted by Crippen LogP contribution is 2.25. The minimum atomic E-state index is 0.0856. The number of nitrogens with one attached hydrogen (secondary N) is 2. The summed E-state index contributed by atoms with van der Waals surface area (Å²) in [7, 11) is 0. The Bertz CT molecular complexity index is 498. The highest BCUT2D eigenvalue weighted by molar-refractivity contribution is 5.76. The molecule has 2 aliphatic heterocycles. The fourth-order valence-electron chi connectivity index (χ4n) is 2.79. The molecule has 114 valence electrons.